The van der Waals surface area contributed by atoms with Crippen molar-refractivity contribution in [2.75, 3.05) is 67.2 Å². The van der Waals surface area contributed by atoms with Crippen LogP contribution < -0.4 is 14.7 Å². The lowest BCUT2D eigenvalue weighted by Gasteiger charge is -2.38. The zero-order valence-corrected chi connectivity index (χ0v) is 15.9. The van der Waals surface area contributed by atoms with Crippen molar-refractivity contribution < 1.29 is 9.47 Å². The van der Waals surface area contributed by atoms with Gasteiger partial charge >= 0.3 is 0 Å². The molecule has 1 spiro atoms. The van der Waals surface area contributed by atoms with Crippen molar-refractivity contribution in [1.29, 1.82) is 0 Å². The molecule has 2 aromatic heterocycles. The molecule has 2 aromatic rings. The van der Waals surface area contributed by atoms with E-state index in [4.69, 9.17) is 14.5 Å². The SMILES string of the molecule is c1cnc(N2CCN(c3nccc(N4CCC5(CC4)OCCO5)n3)CC2)nc1. The third-order valence-electron chi connectivity index (χ3n) is 5.69. The summed E-state index contributed by atoms with van der Waals surface area (Å²) in [4.78, 5) is 24.8. The van der Waals surface area contributed by atoms with Crippen LogP contribution >= 0.6 is 0 Å². The predicted molar refractivity (Wildman–Crippen MR) is 105 cm³/mol. The molecule has 9 heteroatoms. The van der Waals surface area contributed by atoms with Crippen molar-refractivity contribution in [3.63, 3.8) is 0 Å². The van der Waals surface area contributed by atoms with Crippen LogP contribution in [0.3, 0.4) is 0 Å². The molecule has 3 aliphatic heterocycles. The molecule has 0 saturated carbocycles. The third-order valence-corrected chi connectivity index (χ3v) is 5.69. The van der Waals surface area contributed by atoms with E-state index in [0.717, 1.165) is 69.8 Å². The molecule has 5 rings (SSSR count). The largest absolute Gasteiger partial charge is 0.356 e. The van der Waals surface area contributed by atoms with E-state index in [1.54, 1.807) is 12.4 Å². The van der Waals surface area contributed by atoms with Crippen LogP contribution in [-0.2, 0) is 9.47 Å². The number of hydrogen-bond donors (Lipinski definition) is 0. The molecule has 3 aliphatic rings. The maximum Gasteiger partial charge on any atom is 0.227 e. The fourth-order valence-electron chi connectivity index (χ4n) is 4.09. The van der Waals surface area contributed by atoms with Gasteiger partial charge in [-0.2, -0.15) is 4.98 Å². The number of piperidine rings is 1. The maximum absolute atomic E-state index is 5.83. The highest BCUT2D eigenvalue weighted by Gasteiger charge is 2.40. The summed E-state index contributed by atoms with van der Waals surface area (Å²) in [6, 6.07) is 3.83. The molecule has 0 atom stereocenters. The van der Waals surface area contributed by atoms with Gasteiger partial charge in [0.25, 0.3) is 0 Å². The number of ether oxygens (including phenoxy) is 2. The molecule has 148 valence electrons. The molecule has 3 fully saturated rings. The Morgan fingerprint density at radius 1 is 0.714 bits per heavy atom. The minimum Gasteiger partial charge on any atom is -0.356 e. The molecule has 5 heterocycles. The van der Waals surface area contributed by atoms with Crippen LogP contribution in [0.25, 0.3) is 0 Å². The minimum absolute atomic E-state index is 0.359. The first-order valence-corrected chi connectivity index (χ1v) is 9.94. The Labute approximate surface area is 164 Å². The van der Waals surface area contributed by atoms with Crippen LogP contribution in [0, 0.1) is 0 Å². The van der Waals surface area contributed by atoms with Crippen molar-refractivity contribution >= 4 is 17.7 Å². The van der Waals surface area contributed by atoms with Crippen molar-refractivity contribution in [3.05, 3.63) is 30.7 Å². The van der Waals surface area contributed by atoms with E-state index in [-0.39, 0.29) is 5.79 Å². The quantitative estimate of drug-likeness (QED) is 0.769. The normalized spacial score (nSPS) is 22.1. The molecular weight excluding hydrogens is 358 g/mol. The number of rotatable bonds is 3. The topological polar surface area (TPSA) is 79.7 Å². The lowest BCUT2D eigenvalue weighted by Crippen LogP contribution is -2.48. The molecule has 28 heavy (non-hydrogen) atoms. The highest BCUT2D eigenvalue weighted by Crippen LogP contribution is 2.32. The lowest BCUT2D eigenvalue weighted by molar-refractivity contribution is -0.169. The second kappa shape index (κ2) is 7.48. The molecule has 0 radical (unpaired) electrons. The van der Waals surface area contributed by atoms with E-state index in [1.807, 2.05) is 18.3 Å². The van der Waals surface area contributed by atoms with Crippen LogP contribution in [0.1, 0.15) is 12.8 Å². The van der Waals surface area contributed by atoms with E-state index in [1.165, 1.54) is 0 Å². The van der Waals surface area contributed by atoms with Gasteiger partial charge in [-0.1, -0.05) is 0 Å². The van der Waals surface area contributed by atoms with Gasteiger partial charge < -0.3 is 24.2 Å². The molecule has 3 saturated heterocycles. The van der Waals surface area contributed by atoms with Gasteiger partial charge in [-0.3, -0.25) is 0 Å². The van der Waals surface area contributed by atoms with E-state index in [9.17, 15) is 0 Å². The second-order valence-corrected chi connectivity index (χ2v) is 7.33. The average molecular weight is 383 g/mol. The highest BCUT2D eigenvalue weighted by molar-refractivity contribution is 5.45. The summed E-state index contributed by atoms with van der Waals surface area (Å²) in [6.07, 6.45) is 7.18. The standard InChI is InChI=1S/C19H25N7O2/c1-5-20-17(21-6-1)25-10-12-26(13-11-25)18-22-7-2-16(23-18)24-8-3-19(4-9-24)27-14-15-28-19/h1-2,5-7H,3-4,8-15H2. The zero-order valence-electron chi connectivity index (χ0n) is 15.9. The number of piperazine rings is 1. The summed E-state index contributed by atoms with van der Waals surface area (Å²) in [5.41, 5.74) is 0. The fourth-order valence-corrected chi connectivity index (χ4v) is 4.09. The van der Waals surface area contributed by atoms with Gasteiger partial charge in [0.2, 0.25) is 11.9 Å². The number of aromatic nitrogens is 4. The van der Waals surface area contributed by atoms with E-state index in [2.05, 4.69) is 29.7 Å². The first-order chi connectivity index (χ1) is 13.8. The van der Waals surface area contributed by atoms with Gasteiger partial charge in [0.1, 0.15) is 5.82 Å². The highest BCUT2D eigenvalue weighted by atomic mass is 16.7. The molecule has 0 aromatic carbocycles. The molecular formula is C19H25N7O2. The van der Waals surface area contributed by atoms with E-state index >= 15 is 0 Å². The smallest absolute Gasteiger partial charge is 0.227 e. The first kappa shape index (κ1) is 17.6. The summed E-state index contributed by atoms with van der Waals surface area (Å²) < 4.78 is 11.7. The molecule has 0 N–H and O–H groups in total. The Bertz CT molecular complexity index is 782. The molecule has 9 nitrogen and oxygen atoms in total. The second-order valence-electron chi connectivity index (χ2n) is 7.33. The molecule has 0 amide bonds. The minimum atomic E-state index is -0.359. The zero-order chi connectivity index (χ0) is 18.8. The van der Waals surface area contributed by atoms with Crippen LogP contribution in [0.15, 0.2) is 30.7 Å². The van der Waals surface area contributed by atoms with Gasteiger partial charge in [0.15, 0.2) is 5.79 Å². The van der Waals surface area contributed by atoms with Gasteiger partial charge in [0, 0.05) is 70.7 Å². The summed E-state index contributed by atoms with van der Waals surface area (Å²) in [6.45, 7) is 6.61. The lowest BCUT2D eigenvalue weighted by atomic mass is 10.0. The number of hydrogen-bond acceptors (Lipinski definition) is 9. The van der Waals surface area contributed by atoms with Crippen molar-refractivity contribution in [2.24, 2.45) is 0 Å². The Morgan fingerprint density at radius 3 is 2.00 bits per heavy atom. The number of anilines is 3. The Morgan fingerprint density at radius 2 is 1.32 bits per heavy atom. The van der Waals surface area contributed by atoms with Crippen LogP contribution in [0.4, 0.5) is 17.7 Å². The summed E-state index contributed by atoms with van der Waals surface area (Å²) in [5.74, 6) is 2.20. The third kappa shape index (κ3) is 3.47. The van der Waals surface area contributed by atoms with Gasteiger partial charge in [0.05, 0.1) is 13.2 Å². The van der Waals surface area contributed by atoms with E-state index in [0.29, 0.717) is 13.2 Å². The summed E-state index contributed by atoms with van der Waals surface area (Å²) >= 11 is 0. The van der Waals surface area contributed by atoms with Crippen molar-refractivity contribution in [2.45, 2.75) is 18.6 Å². The number of nitrogens with zero attached hydrogens (tertiary/aromatic N) is 7. The van der Waals surface area contributed by atoms with Crippen LogP contribution in [-0.4, -0.2) is 78.2 Å². The van der Waals surface area contributed by atoms with Crippen molar-refractivity contribution in [1.82, 2.24) is 19.9 Å². The molecule has 0 unspecified atom stereocenters. The predicted octanol–water partition coefficient (Wildman–Crippen LogP) is 0.936. The van der Waals surface area contributed by atoms with Gasteiger partial charge in [-0.15, -0.1) is 0 Å². The molecule has 0 aliphatic carbocycles. The molecule has 0 bridgehead atoms. The van der Waals surface area contributed by atoms with Crippen molar-refractivity contribution in [3.8, 4) is 0 Å². The average Bonchev–Trinajstić information content (AvgIpc) is 3.23. The van der Waals surface area contributed by atoms with Gasteiger partial charge in [-0.25, -0.2) is 15.0 Å². The first-order valence-electron chi connectivity index (χ1n) is 9.94. The Hall–Kier alpha value is -2.52. The fraction of sp³-hybridized carbons (Fsp3) is 0.579. The van der Waals surface area contributed by atoms with Crippen LogP contribution in [0.5, 0.6) is 0 Å². The maximum atomic E-state index is 5.83. The summed E-state index contributed by atoms with van der Waals surface area (Å²) in [5, 5.41) is 0. The Balaban J connectivity index is 1.22. The summed E-state index contributed by atoms with van der Waals surface area (Å²) in [7, 11) is 0. The van der Waals surface area contributed by atoms with E-state index < -0.39 is 0 Å². The Kier molecular flexibility index (Phi) is 4.69. The van der Waals surface area contributed by atoms with Gasteiger partial charge in [-0.05, 0) is 12.1 Å². The monoisotopic (exact) mass is 383 g/mol. The van der Waals surface area contributed by atoms with Crippen LogP contribution in [0.2, 0.25) is 0 Å².